The van der Waals surface area contributed by atoms with E-state index in [4.69, 9.17) is 9.47 Å². The fourth-order valence-electron chi connectivity index (χ4n) is 5.03. The molecule has 0 aliphatic heterocycles. The van der Waals surface area contributed by atoms with Gasteiger partial charge in [-0.2, -0.15) is 8.78 Å². The van der Waals surface area contributed by atoms with Crippen molar-refractivity contribution in [2.45, 2.75) is 65.2 Å². The molecule has 162 valence electrons. The lowest BCUT2D eigenvalue weighted by atomic mass is 9.69. The number of rotatable bonds is 7. The van der Waals surface area contributed by atoms with Gasteiger partial charge >= 0.3 is 0 Å². The van der Waals surface area contributed by atoms with E-state index in [0.29, 0.717) is 18.4 Å². The van der Waals surface area contributed by atoms with Gasteiger partial charge in [0.2, 0.25) is 11.6 Å². The Balaban J connectivity index is 1.43. The molecule has 0 radical (unpaired) electrons. The molecular weight excluding hydrogens is 377 g/mol. The summed E-state index contributed by atoms with van der Waals surface area (Å²) < 4.78 is 51.9. The molecular formula is C24H33F3O2. The maximum absolute atomic E-state index is 14.1. The molecule has 2 saturated carbocycles. The van der Waals surface area contributed by atoms with Gasteiger partial charge in [-0.1, -0.05) is 6.08 Å². The van der Waals surface area contributed by atoms with Crippen LogP contribution in [0.5, 0.6) is 11.5 Å². The second kappa shape index (κ2) is 10.4. The van der Waals surface area contributed by atoms with Crippen molar-refractivity contribution >= 4 is 0 Å². The first kappa shape index (κ1) is 22.0. The first-order valence-electron chi connectivity index (χ1n) is 11.0. The van der Waals surface area contributed by atoms with Crippen LogP contribution in [-0.4, -0.2) is 13.2 Å². The van der Waals surface area contributed by atoms with E-state index < -0.39 is 11.6 Å². The monoisotopic (exact) mass is 410 g/mol. The molecule has 0 N–H and O–H groups in total. The minimum atomic E-state index is -0.985. The lowest BCUT2D eigenvalue weighted by Crippen LogP contribution is -2.27. The SMILES string of the molecule is CCOc1ccc(OCC2CCC(C3CCC(/C=C(/C)F)CC3)CC2)c(F)c1F. The van der Waals surface area contributed by atoms with E-state index in [-0.39, 0.29) is 23.9 Å². The highest BCUT2D eigenvalue weighted by atomic mass is 19.2. The summed E-state index contributed by atoms with van der Waals surface area (Å²) in [4.78, 5) is 0. The number of ether oxygens (including phenoxy) is 2. The highest BCUT2D eigenvalue weighted by Gasteiger charge is 2.31. The maximum Gasteiger partial charge on any atom is 0.204 e. The molecule has 2 fully saturated rings. The predicted octanol–water partition coefficient (Wildman–Crippen LogP) is 7.23. The van der Waals surface area contributed by atoms with Crippen LogP contribution in [0.2, 0.25) is 0 Å². The average molecular weight is 411 g/mol. The van der Waals surface area contributed by atoms with E-state index in [0.717, 1.165) is 37.5 Å². The molecule has 2 aliphatic rings. The highest BCUT2D eigenvalue weighted by molar-refractivity contribution is 5.35. The van der Waals surface area contributed by atoms with E-state index in [9.17, 15) is 13.2 Å². The van der Waals surface area contributed by atoms with Crippen molar-refractivity contribution in [3.05, 3.63) is 35.7 Å². The molecule has 0 atom stereocenters. The van der Waals surface area contributed by atoms with E-state index in [2.05, 4.69) is 0 Å². The van der Waals surface area contributed by atoms with Crippen LogP contribution >= 0.6 is 0 Å². The Hall–Kier alpha value is -1.65. The van der Waals surface area contributed by atoms with Gasteiger partial charge in [0.1, 0.15) is 0 Å². The van der Waals surface area contributed by atoms with Crippen molar-refractivity contribution in [3.63, 3.8) is 0 Å². The van der Waals surface area contributed by atoms with Gasteiger partial charge < -0.3 is 9.47 Å². The maximum atomic E-state index is 14.1. The van der Waals surface area contributed by atoms with Gasteiger partial charge in [-0.3, -0.25) is 0 Å². The van der Waals surface area contributed by atoms with Crippen LogP contribution in [-0.2, 0) is 0 Å². The van der Waals surface area contributed by atoms with E-state index in [1.54, 1.807) is 13.0 Å². The number of halogens is 3. The standard InChI is InChI=1S/C24H33F3O2/c1-3-28-21-12-13-22(24(27)23(21)26)29-15-18-6-10-20(11-7-18)19-8-4-17(5-9-19)14-16(2)25/h12-14,17-20H,3-11,15H2,1-2H3/b16-14-. The number of hydrogen-bond acceptors (Lipinski definition) is 2. The molecule has 2 nitrogen and oxygen atoms in total. The number of hydrogen-bond donors (Lipinski definition) is 0. The third kappa shape index (κ3) is 5.93. The molecule has 5 heteroatoms. The van der Waals surface area contributed by atoms with Crippen LogP contribution in [0, 0.1) is 35.3 Å². The minimum absolute atomic E-state index is 0.0393. The van der Waals surface area contributed by atoms with Crippen molar-refractivity contribution in [1.82, 2.24) is 0 Å². The fourth-order valence-corrected chi connectivity index (χ4v) is 5.03. The summed E-state index contributed by atoms with van der Waals surface area (Å²) >= 11 is 0. The smallest absolute Gasteiger partial charge is 0.204 e. The van der Waals surface area contributed by atoms with Crippen molar-refractivity contribution in [3.8, 4) is 11.5 Å². The fraction of sp³-hybridized carbons (Fsp3) is 0.667. The molecule has 0 amide bonds. The lowest BCUT2D eigenvalue weighted by molar-refractivity contribution is 0.127. The molecule has 0 spiro atoms. The van der Waals surface area contributed by atoms with Gasteiger partial charge in [-0.15, -0.1) is 0 Å². The van der Waals surface area contributed by atoms with Gasteiger partial charge in [0.15, 0.2) is 11.5 Å². The Labute approximate surface area is 172 Å². The first-order chi connectivity index (χ1) is 14.0. The molecule has 1 aromatic carbocycles. The van der Waals surface area contributed by atoms with Gasteiger partial charge in [0.25, 0.3) is 0 Å². The Morgan fingerprint density at radius 1 is 0.897 bits per heavy atom. The van der Waals surface area contributed by atoms with E-state index in [1.165, 1.54) is 44.7 Å². The van der Waals surface area contributed by atoms with Gasteiger partial charge in [-0.25, -0.2) is 4.39 Å². The summed E-state index contributed by atoms with van der Waals surface area (Å²) in [5.41, 5.74) is 0. The van der Waals surface area contributed by atoms with Crippen LogP contribution in [0.3, 0.4) is 0 Å². The Bertz CT molecular complexity index is 684. The number of allylic oxidation sites excluding steroid dienone is 2. The van der Waals surface area contributed by atoms with E-state index in [1.807, 2.05) is 0 Å². The molecule has 0 aromatic heterocycles. The second-order valence-electron chi connectivity index (χ2n) is 8.64. The normalized spacial score (nSPS) is 28.2. The summed E-state index contributed by atoms with van der Waals surface area (Å²) in [7, 11) is 0. The van der Waals surface area contributed by atoms with Crippen LogP contribution in [0.1, 0.15) is 65.2 Å². The van der Waals surface area contributed by atoms with Crippen LogP contribution in [0.15, 0.2) is 24.0 Å². The first-order valence-corrected chi connectivity index (χ1v) is 11.0. The third-order valence-corrected chi connectivity index (χ3v) is 6.63. The number of benzene rings is 1. The van der Waals surface area contributed by atoms with Gasteiger partial charge in [0, 0.05) is 0 Å². The van der Waals surface area contributed by atoms with Crippen molar-refractivity contribution < 1.29 is 22.6 Å². The van der Waals surface area contributed by atoms with Gasteiger partial charge in [-0.05, 0) is 101 Å². The highest BCUT2D eigenvalue weighted by Crippen LogP contribution is 2.42. The molecule has 2 aliphatic carbocycles. The molecule has 0 unspecified atom stereocenters. The van der Waals surface area contributed by atoms with Crippen LogP contribution in [0.25, 0.3) is 0 Å². The van der Waals surface area contributed by atoms with Crippen molar-refractivity contribution in [2.75, 3.05) is 13.2 Å². The summed E-state index contributed by atoms with van der Waals surface area (Å²) in [5, 5.41) is 0. The zero-order valence-electron chi connectivity index (χ0n) is 17.6. The zero-order valence-corrected chi connectivity index (χ0v) is 17.6. The average Bonchev–Trinajstić information content (AvgIpc) is 2.72. The Kier molecular flexibility index (Phi) is 7.91. The zero-order chi connectivity index (χ0) is 20.8. The molecule has 29 heavy (non-hydrogen) atoms. The summed E-state index contributed by atoms with van der Waals surface area (Å²) in [6, 6.07) is 2.87. The topological polar surface area (TPSA) is 18.5 Å². The van der Waals surface area contributed by atoms with E-state index >= 15 is 0 Å². The predicted molar refractivity (Wildman–Crippen MR) is 109 cm³/mol. The second-order valence-corrected chi connectivity index (χ2v) is 8.64. The third-order valence-electron chi connectivity index (χ3n) is 6.63. The van der Waals surface area contributed by atoms with Crippen molar-refractivity contribution in [1.29, 1.82) is 0 Å². The Morgan fingerprint density at radius 2 is 1.41 bits per heavy atom. The molecule has 1 aromatic rings. The van der Waals surface area contributed by atoms with Crippen LogP contribution < -0.4 is 9.47 Å². The summed E-state index contributed by atoms with van der Waals surface area (Å²) in [6.45, 7) is 3.97. The van der Waals surface area contributed by atoms with Crippen LogP contribution in [0.4, 0.5) is 13.2 Å². The molecule has 0 heterocycles. The van der Waals surface area contributed by atoms with Crippen molar-refractivity contribution in [2.24, 2.45) is 23.7 Å². The molecule has 0 bridgehead atoms. The van der Waals surface area contributed by atoms with Gasteiger partial charge in [0.05, 0.1) is 19.0 Å². The Morgan fingerprint density at radius 3 is 1.93 bits per heavy atom. The minimum Gasteiger partial charge on any atom is -0.491 e. The molecule has 0 saturated heterocycles. The lowest BCUT2D eigenvalue weighted by Gasteiger charge is -2.37. The summed E-state index contributed by atoms with van der Waals surface area (Å²) in [6.07, 6.45) is 10.8. The summed E-state index contributed by atoms with van der Waals surface area (Å²) in [5.74, 6) is 0.145. The largest absolute Gasteiger partial charge is 0.491 e. The quantitative estimate of drug-likeness (QED) is 0.472. The molecule has 3 rings (SSSR count).